The summed E-state index contributed by atoms with van der Waals surface area (Å²) in [5.41, 5.74) is 0. The second-order valence-electron chi connectivity index (χ2n) is 2.12. The molecule has 0 saturated carbocycles. The minimum Gasteiger partial charge on any atom is -0.416 e. The fourth-order valence-corrected chi connectivity index (χ4v) is 0.843. The van der Waals surface area contributed by atoms with Gasteiger partial charge in [0.2, 0.25) is 0 Å². The lowest BCUT2D eigenvalue weighted by Crippen LogP contribution is -2.29. The molecule has 1 aliphatic rings. The van der Waals surface area contributed by atoms with Gasteiger partial charge < -0.3 is 4.81 Å². The number of hydrogen-bond acceptors (Lipinski definition) is 1. The van der Waals surface area contributed by atoms with Crippen molar-refractivity contribution < 1.29 is 0 Å². The first-order valence-corrected chi connectivity index (χ1v) is 3.04. The van der Waals surface area contributed by atoms with Gasteiger partial charge in [0.15, 0.2) is 0 Å². The lowest BCUT2D eigenvalue weighted by Gasteiger charge is -2.19. The predicted molar refractivity (Wildman–Crippen MR) is 42.0 cm³/mol. The van der Waals surface area contributed by atoms with Crippen molar-refractivity contribution in [1.82, 2.24) is 4.81 Å². The van der Waals surface area contributed by atoms with E-state index < -0.39 is 0 Å². The maximum atomic E-state index is 3.71. The summed E-state index contributed by atoms with van der Waals surface area (Å²) in [6, 6.07) is 0. The van der Waals surface area contributed by atoms with Gasteiger partial charge in [-0.05, 0) is 19.3 Å². The van der Waals surface area contributed by atoms with Crippen LogP contribution < -0.4 is 0 Å². The van der Waals surface area contributed by atoms with Gasteiger partial charge in [-0.25, -0.2) is 0 Å². The summed E-state index contributed by atoms with van der Waals surface area (Å²) in [6.07, 6.45) is 6.08. The summed E-state index contributed by atoms with van der Waals surface area (Å²) in [6.45, 7) is 4.09. The molecule has 0 N–H and O–H groups in total. The van der Waals surface area contributed by atoms with Crippen molar-refractivity contribution in [2.75, 3.05) is 7.05 Å². The average molecular weight is 119 g/mol. The van der Waals surface area contributed by atoms with Crippen LogP contribution in [-0.2, 0) is 0 Å². The van der Waals surface area contributed by atoms with Crippen LogP contribution in [0.1, 0.15) is 0 Å². The van der Waals surface area contributed by atoms with Gasteiger partial charge in [0.25, 0.3) is 0 Å². The molecule has 0 atom stereocenters. The molecule has 1 heterocycles. The number of hydrogen-bond donors (Lipinski definition) is 0. The van der Waals surface area contributed by atoms with Crippen molar-refractivity contribution in [1.29, 1.82) is 0 Å². The summed E-state index contributed by atoms with van der Waals surface area (Å²) in [7, 11) is 2.03. The molecule has 0 saturated heterocycles. The van der Waals surface area contributed by atoms with Crippen LogP contribution in [0.25, 0.3) is 0 Å². The molecule has 9 heavy (non-hydrogen) atoms. The Labute approximate surface area is 56.5 Å². The van der Waals surface area contributed by atoms with E-state index in [-0.39, 0.29) is 0 Å². The summed E-state index contributed by atoms with van der Waals surface area (Å²) in [5.74, 6) is 4.02. The topological polar surface area (TPSA) is 3.24 Å². The minimum absolute atomic E-state index is 0.384. The SMILES string of the molecule is C=CB1C=CC=CN1C. The maximum Gasteiger partial charge on any atom is 0.307 e. The Kier molecular flexibility index (Phi) is 1.78. The van der Waals surface area contributed by atoms with Gasteiger partial charge in [0.05, 0.1) is 0 Å². The Balaban J connectivity index is 2.65. The van der Waals surface area contributed by atoms with Gasteiger partial charge in [0, 0.05) is 0 Å². The second kappa shape index (κ2) is 2.58. The van der Waals surface area contributed by atoms with Crippen LogP contribution in [0.5, 0.6) is 0 Å². The lowest BCUT2D eigenvalue weighted by atomic mass is 9.60. The van der Waals surface area contributed by atoms with Crippen molar-refractivity contribution in [3.63, 3.8) is 0 Å². The second-order valence-corrected chi connectivity index (χ2v) is 2.12. The summed E-state index contributed by atoms with van der Waals surface area (Å²) < 4.78 is 0. The monoisotopic (exact) mass is 119 g/mol. The maximum absolute atomic E-state index is 3.71. The zero-order valence-corrected chi connectivity index (χ0v) is 5.62. The fraction of sp³-hybridized carbons (Fsp3) is 0.143. The highest BCUT2D eigenvalue weighted by Crippen LogP contribution is 2.00. The molecule has 0 aromatic heterocycles. The molecule has 0 aromatic carbocycles. The van der Waals surface area contributed by atoms with Crippen LogP contribution in [0.4, 0.5) is 0 Å². The van der Waals surface area contributed by atoms with E-state index in [1.807, 2.05) is 31.4 Å². The molecule has 1 nitrogen and oxygen atoms in total. The van der Waals surface area contributed by atoms with Crippen molar-refractivity contribution in [3.8, 4) is 0 Å². The van der Waals surface area contributed by atoms with Crippen LogP contribution in [0.15, 0.2) is 36.9 Å². The van der Waals surface area contributed by atoms with Gasteiger partial charge >= 0.3 is 6.85 Å². The van der Waals surface area contributed by atoms with E-state index in [2.05, 4.69) is 17.4 Å². The van der Waals surface area contributed by atoms with E-state index in [9.17, 15) is 0 Å². The van der Waals surface area contributed by atoms with Crippen molar-refractivity contribution in [3.05, 3.63) is 36.9 Å². The minimum atomic E-state index is 0.384. The van der Waals surface area contributed by atoms with E-state index in [0.717, 1.165) is 0 Å². The molecule has 0 fully saturated rings. The normalized spacial score (nSPS) is 16.6. The predicted octanol–water partition coefficient (Wildman–Crippen LogP) is 1.26. The van der Waals surface area contributed by atoms with Crippen molar-refractivity contribution >= 4 is 6.85 Å². The molecule has 0 amide bonds. The van der Waals surface area contributed by atoms with Gasteiger partial charge in [-0.2, -0.15) is 0 Å². The van der Waals surface area contributed by atoms with Crippen molar-refractivity contribution in [2.45, 2.75) is 0 Å². The largest absolute Gasteiger partial charge is 0.416 e. The van der Waals surface area contributed by atoms with E-state index >= 15 is 0 Å². The quantitative estimate of drug-likeness (QED) is 0.469. The Morgan fingerprint density at radius 2 is 2.33 bits per heavy atom. The summed E-state index contributed by atoms with van der Waals surface area (Å²) in [5, 5.41) is 0. The highest BCUT2D eigenvalue weighted by atomic mass is 15.0. The highest BCUT2D eigenvalue weighted by Gasteiger charge is 2.09. The van der Waals surface area contributed by atoms with Crippen LogP contribution in [0.2, 0.25) is 0 Å². The third-order valence-electron chi connectivity index (χ3n) is 1.45. The van der Waals surface area contributed by atoms with Gasteiger partial charge in [-0.3, -0.25) is 0 Å². The first kappa shape index (κ1) is 6.21. The molecular formula is C7H10BN. The summed E-state index contributed by atoms with van der Waals surface area (Å²) >= 11 is 0. The standard InChI is InChI=1S/C7H10BN/c1-3-8-6-4-5-7-9(8)2/h3-7H,1H2,2H3. The number of nitrogens with zero attached hydrogens (tertiary/aromatic N) is 1. The van der Waals surface area contributed by atoms with Gasteiger partial charge in [0.1, 0.15) is 0 Å². The van der Waals surface area contributed by atoms with E-state index in [0.29, 0.717) is 6.85 Å². The van der Waals surface area contributed by atoms with Gasteiger partial charge in [-0.1, -0.05) is 18.0 Å². The zero-order chi connectivity index (χ0) is 6.69. The van der Waals surface area contributed by atoms with E-state index in [1.165, 1.54) is 0 Å². The Hall–Kier alpha value is -0.915. The molecule has 0 aromatic rings. The molecule has 2 heteroatoms. The molecule has 0 unspecified atom stereocenters. The summed E-state index contributed by atoms with van der Waals surface area (Å²) in [4.78, 5) is 2.10. The zero-order valence-electron chi connectivity index (χ0n) is 5.62. The third kappa shape index (κ3) is 1.25. The average Bonchev–Trinajstić information content (AvgIpc) is 1.89. The van der Waals surface area contributed by atoms with E-state index in [1.54, 1.807) is 0 Å². The molecule has 0 aliphatic carbocycles. The number of rotatable bonds is 1. The molecule has 0 radical (unpaired) electrons. The Morgan fingerprint density at radius 1 is 1.56 bits per heavy atom. The molecular weight excluding hydrogens is 109 g/mol. The first-order valence-electron chi connectivity index (χ1n) is 3.04. The van der Waals surface area contributed by atoms with Gasteiger partial charge in [-0.15, -0.1) is 6.58 Å². The molecule has 0 spiro atoms. The van der Waals surface area contributed by atoms with Crippen LogP contribution in [0.3, 0.4) is 0 Å². The third-order valence-corrected chi connectivity index (χ3v) is 1.45. The lowest BCUT2D eigenvalue weighted by molar-refractivity contribution is 0.721. The van der Waals surface area contributed by atoms with Crippen LogP contribution in [0, 0.1) is 0 Å². The fourth-order valence-electron chi connectivity index (χ4n) is 0.843. The smallest absolute Gasteiger partial charge is 0.307 e. The molecule has 0 bridgehead atoms. The molecule has 1 rings (SSSR count). The highest BCUT2D eigenvalue weighted by molar-refractivity contribution is 6.67. The Morgan fingerprint density at radius 3 is 2.78 bits per heavy atom. The number of allylic oxidation sites excluding steroid dienone is 2. The molecule has 46 valence electrons. The Bertz CT molecular complexity index is 160. The van der Waals surface area contributed by atoms with Crippen LogP contribution in [-0.4, -0.2) is 18.7 Å². The van der Waals surface area contributed by atoms with E-state index in [4.69, 9.17) is 0 Å². The van der Waals surface area contributed by atoms with Crippen molar-refractivity contribution in [2.24, 2.45) is 0 Å². The molecule has 1 aliphatic heterocycles. The first-order chi connectivity index (χ1) is 4.34. The van der Waals surface area contributed by atoms with Crippen LogP contribution >= 0.6 is 0 Å².